The van der Waals surface area contributed by atoms with Gasteiger partial charge >= 0.3 is 0 Å². The molecule has 4 rings (SSSR count). The number of hydrogen-bond acceptors (Lipinski definition) is 2. The Labute approximate surface area is 161 Å². The third-order valence-corrected chi connectivity index (χ3v) is 5.06. The number of nitrogens with zero attached hydrogens (tertiary/aromatic N) is 1. The van der Waals surface area contributed by atoms with Crippen molar-refractivity contribution in [2.75, 3.05) is 0 Å². The standard InChI is InChI=1S/C25H27NO/c1-14(2)7-20-13-21-24(19-10-15(3)8-16(4)11-19)26-22-12-17(5)9-18(6)23(22)25(21)27-20/h8-14H,7H2,1-6H3. The minimum absolute atomic E-state index is 0.554. The lowest BCUT2D eigenvalue weighted by molar-refractivity contribution is 0.501. The summed E-state index contributed by atoms with van der Waals surface area (Å²) >= 11 is 0. The summed E-state index contributed by atoms with van der Waals surface area (Å²) in [5.74, 6) is 1.60. The lowest BCUT2D eigenvalue weighted by Crippen LogP contribution is -1.92. The molecule has 0 atom stereocenters. The molecule has 0 saturated carbocycles. The number of aryl methyl sites for hydroxylation is 4. The summed E-state index contributed by atoms with van der Waals surface area (Å²) in [6.45, 7) is 13.0. The molecule has 0 radical (unpaired) electrons. The van der Waals surface area contributed by atoms with Crippen LogP contribution in [0.5, 0.6) is 0 Å². The second-order valence-electron chi connectivity index (χ2n) is 8.37. The van der Waals surface area contributed by atoms with Crippen molar-refractivity contribution in [2.45, 2.75) is 48.0 Å². The van der Waals surface area contributed by atoms with E-state index in [2.05, 4.69) is 77.9 Å². The van der Waals surface area contributed by atoms with Crippen molar-refractivity contribution in [3.05, 3.63) is 64.4 Å². The average Bonchev–Trinajstić information content (AvgIpc) is 2.94. The Morgan fingerprint density at radius 1 is 0.852 bits per heavy atom. The molecule has 2 aromatic heterocycles. The maximum absolute atomic E-state index is 6.40. The van der Waals surface area contributed by atoms with Gasteiger partial charge in [-0.05, 0) is 69.0 Å². The molecule has 0 aliphatic heterocycles. The van der Waals surface area contributed by atoms with E-state index in [1.54, 1.807) is 0 Å². The number of pyridine rings is 1. The number of hydrogen-bond donors (Lipinski definition) is 0. The first-order valence-corrected chi connectivity index (χ1v) is 9.74. The monoisotopic (exact) mass is 357 g/mol. The van der Waals surface area contributed by atoms with Crippen molar-refractivity contribution < 1.29 is 4.42 Å². The Balaban J connectivity index is 2.11. The smallest absolute Gasteiger partial charge is 0.146 e. The van der Waals surface area contributed by atoms with E-state index < -0.39 is 0 Å². The van der Waals surface area contributed by atoms with Gasteiger partial charge < -0.3 is 4.42 Å². The fraction of sp³-hybridized carbons (Fsp3) is 0.320. The molecule has 0 unspecified atom stereocenters. The van der Waals surface area contributed by atoms with Gasteiger partial charge in [-0.2, -0.15) is 0 Å². The SMILES string of the molecule is Cc1cc(C)cc(-c2nc3cc(C)cc(C)c3c3oc(CC(C)C)cc23)c1. The summed E-state index contributed by atoms with van der Waals surface area (Å²) in [4.78, 5) is 5.11. The Bertz CT molecular complexity index is 1140. The molecule has 0 aliphatic rings. The molecule has 0 N–H and O–H groups in total. The molecule has 0 spiro atoms. The van der Waals surface area contributed by atoms with Crippen LogP contribution in [0.3, 0.4) is 0 Å². The molecule has 0 bridgehead atoms. The van der Waals surface area contributed by atoms with Crippen molar-refractivity contribution in [1.29, 1.82) is 0 Å². The summed E-state index contributed by atoms with van der Waals surface area (Å²) in [5, 5.41) is 2.26. The highest BCUT2D eigenvalue weighted by molar-refractivity contribution is 6.09. The fourth-order valence-electron chi connectivity index (χ4n) is 4.15. The summed E-state index contributed by atoms with van der Waals surface area (Å²) in [6.07, 6.45) is 0.938. The first-order chi connectivity index (χ1) is 12.8. The van der Waals surface area contributed by atoms with Crippen LogP contribution in [-0.2, 0) is 6.42 Å². The fourth-order valence-corrected chi connectivity index (χ4v) is 4.15. The minimum Gasteiger partial charge on any atom is -0.460 e. The molecular weight excluding hydrogens is 330 g/mol. The van der Waals surface area contributed by atoms with Crippen LogP contribution in [0.15, 0.2) is 40.8 Å². The molecule has 138 valence electrons. The van der Waals surface area contributed by atoms with E-state index in [0.717, 1.165) is 45.3 Å². The topological polar surface area (TPSA) is 26.0 Å². The number of aromatic nitrogens is 1. The van der Waals surface area contributed by atoms with E-state index in [1.165, 1.54) is 22.3 Å². The average molecular weight is 357 g/mol. The zero-order valence-electron chi connectivity index (χ0n) is 17.1. The predicted molar refractivity (Wildman–Crippen MR) is 114 cm³/mol. The number of fused-ring (bicyclic) bond motifs is 3. The van der Waals surface area contributed by atoms with E-state index >= 15 is 0 Å². The quantitative estimate of drug-likeness (QED) is 0.391. The molecule has 0 saturated heterocycles. The van der Waals surface area contributed by atoms with Crippen LogP contribution < -0.4 is 0 Å². The molecule has 2 heteroatoms. The number of benzene rings is 2. The van der Waals surface area contributed by atoms with E-state index in [9.17, 15) is 0 Å². The van der Waals surface area contributed by atoms with E-state index in [0.29, 0.717) is 5.92 Å². The molecule has 0 fully saturated rings. The molecule has 2 aromatic carbocycles. The van der Waals surface area contributed by atoms with Crippen molar-refractivity contribution in [3.8, 4) is 11.3 Å². The van der Waals surface area contributed by atoms with Gasteiger partial charge in [-0.25, -0.2) is 4.98 Å². The molecule has 4 aromatic rings. The van der Waals surface area contributed by atoms with E-state index in [-0.39, 0.29) is 0 Å². The number of rotatable bonds is 3. The zero-order valence-corrected chi connectivity index (χ0v) is 17.1. The Hall–Kier alpha value is -2.61. The second-order valence-corrected chi connectivity index (χ2v) is 8.37. The Morgan fingerprint density at radius 3 is 2.19 bits per heavy atom. The third kappa shape index (κ3) is 3.25. The first kappa shape index (κ1) is 17.8. The highest BCUT2D eigenvalue weighted by Gasteiger charge is 2.18. The Morgan fingerprint density at radius 2 is 1.52 bits per heavy atom. The van der Waals surface area contributed by atoms with Crippen molar-refractivity contribution in [2.24, 2.45) is 5.92 Å². The minimum atomic E-state index is 0.554. The predicted octanol–water partition coefficient (Wildman–Crippen LogP) is 7.08. The summed E-state index contributed by atoms with van der Waals surface area (Å²) in [6, 6.07) is 13.2. The normalized spacial score (nSPS) is 11.8. The molecule has 27 heavy (non-hydrogen) atoms. The Kier molecular flexibility index (Phi) is 4.30. The van der Waals surface area contributed by atoms with Crippen LogP contribution in [0, 0.1) is 33.6 Å². The van der Waals surface area contributed by atoms with Gasteiger partial charge in [-0.3, -0.25) is 0 Å². The number of furan rings is 1. The van der Waals surface area contributed by atoms with Gasteiger partial charge in [0.2, 0.25) is 0 Å². The van der Waals surface area contributed by atoms with Crippen LogP contribution in [0.2, 0.25) is 0 Å². The van der Waals surface area contributed by atoms with E-state index in [4.69, 9.17) is 9.40 Å². The lowest BCUT2D eigenvalue weighted by atomic mass is 9.98. The molecular formula is C25H27NO. The maximum atomic E-state index is 6.40. The summed E-state index contributed by atoms with van der Waals surface area (Å²) in [7, 11) is 0. The first-order valence-electron chi connectivity index (χ1n) is 9.74. The van der Waals surface area contributed by atoms with Gasteiger partial charge in [-0.15, -0.1) is 0 Å². The van der Waals surface area contributed by atoms with Gasteiger partial charge in [0.05, 0.1) is 11.2 Å². The maximum Gasteiger partial charge on any atom is 0.146 e. The molecule has 0 amide bonds. The molecule has 2 heterocycles. The van der Waals surface area contributed by atoms with Gasteiger partial charge in [0.1, 0.15) is 11.3 Å². The van der Waals surface area contributed by atoms with Crippen LogP contribution in [0.1, 0.15) is 41.9 Å². The largest absolute Gasteiger partial charge is 0.460 e. The van der Waals surface area contributed by atoms with Crippen molar-refractivity contribution >= 4 is 21.9 Å². The van der Waals surface area contributed by atoms with E-state index in [1.807, 2.05) is 0 Å². The highest BCUT2D eigenvalue weighted by Crippen LogP contribution is 2.37. The summed E-state index contributed by atoms with van der Waals surface area (Å²) < 4.78 is 6.40. The van der Waals surface area contributed by atoms with Gasteiger partial charge in [0.15, 0.2) is 0 Å². The molecule has 2 nitrogen and oxygen atoms in total. The van der Waals surface area contributed by atoms with Crippen LogP contribution >= 0.6 is 0 Å². The second kappa shape index (κ2) is 6.53. The van der Waals surface area contributed by atoms with Crippen molar-refractivity contribution in [1.82, 2.24) is 4.98 Å². The summed E-state index contributed by atoms with van der Waals surface area (Å²) in [5.41, 5.74) is 9.13. The lowest BCUT2D eigenvalue weighted by Gasteiger charge is -2.10. The van der Waals surface area contributed by atoms with Gasteiger partial charge in [-0.1, -0.05) is 37.1 Å². The van der Waals surface area contributed by atoms with Crippen LogP contribution in [-0.4, -0.2) is 4.98 Å². The third-order valence-electron chi connectivity index (χ3n) is 5.06. The highest BCUT2D eigenvalue weighted by atomic mass is 16.3. The van der Waals surface area contributed by atoms with Crippen LogP contribution in [0.25, 0.3) is 33.1 Å². The van der Waals surface area contributed by atoms with Crippen LogP contribution in [0.4, 0.5) is 0 Å². The van der Waals surface area contributed by atoms with Crippen molar-refractivity contribution in [3.63, 3.8) is 0 Å². The van der Waals surface area contributed by atoms with Gasteiger partial charge in [0.25, 0.3) is 0 Å². The van der Waals surface area contributed by atoms with Gasteiger partial charge in [0, 0.05) is 22.8 Å². The molecule has 0 aliphatic carbocycles. The zero-order chi connectivity index (χ0) is 19.3.